The Bertz CT molecular complexity index is 953. The fourth-order valence-corrected chi connectivity index (χ4v) is 4.49. The number of anilines is 1. The minimum absolute atomic E-state index is 0.0575. The maximum Gasteiger partial charge on any atom is 0.238 e. The van der Waals surface area contributed by atoms with Crippen molar-refractivity contribution in [2.24, 2.45) is 0 Å². The van der Waals surface area contributed by atoms with Crippen LogP contribution in [0.2, 0.25) is 0 Å². The van der Waals surface area contributed by atoms with Gasteiger partial charge < -0.3 is 5.32 Å². The fraction of sp³-hybridized carbons (Fsp3) is 0.200. The van der Waals surface area contributed by atoms with Crippen molar-refractivity contribution in [2.75, 3.05) is 5.32 Å². The number of fused-ring (bicyclic) bond motifs is 1. The van der Waals surface area contributed by atoms with E-state index in [1.807, 2.05) is 44.2 Å². The zero-order valence-electron chi connectivity index (χ0n) is 14.4. The molecule has 4 rings (SSSR count). The number of carbonyl (C=O) groups excluding carboxylic acids is 1. The molecule has 0 saturated carbocycles. The second-order valence-electron chi connectivity index (χ2n) is 6.29. The number of rotatable bonds is 2. The molecule has 0 fully saturated rings. The predicted octanol–water partition coefficient (Wildman–Crippen LogP) is 4.48. The van der Waals surface area contributed by atoms with Gasteiger partial charge in [-0.1, -0.05) is 30.3 Å². The number of hydrogen-bond acceptors (Lipinski definition) is 3. The van der Waals surface area contributed by atoms with Gasteiger partial charge in [-0.25, -0.2) is 9.07 Å². The van der Waals surface area contributed by atoms with Gasteiger partial charge in [-0.05, 0) is 43.7 Å². The Hall–Kier alpha value is -2.60. The highest BCUT2D eigenvalue weighted by Crippen LogP contribution is 2.46. The summed E-state index contributed by atoms with van der Waals surface area (Å²) < 4.78 is 15.2. The van der Waals surface area contributed by atoms with E-state index in [1.54, 1.807) is 28.6 Å². The summed E-state index contributed by atoms with van der Waals surface area (Å²) in [5, 5.41) is 7.37. The SMILES string of the molecule is Cc1nn(-c2ccccc2)c2c1[C@H](c1ccc(F)cc1)S[C@H](C)C(=O)N2. The number of thioether (sulfide) groups is 1. The zero-order valence-corrected chi connectivity index (χ0v) is 15.3. The maximum atomic E-state index is 13.4. The van der Waals surface area contributed by atoms with E-state index < -0.39 is 0 Å². The van der Waals surface area contributed by atoms with Crippen LogP contribution < -0.4 is 5.32 Å². The predicted molar refractivity (Wildman–Crippen MR) is 102 cm³/mol. The molecular formula is C20H18FN3OS. The number of nitrogens with zero attached hydrogens (tertiary/aromatic N) is 2. The van der Waals surface area contributed by atoms with Crippen LogP contribution in [0.1, 0.15) is 29.0 Å². The van der Waals surface area contributed by atoms with Crippen LogP contribution in [0.25, 0.3) is 5.69 Å². The van der Waals surface area contributed by atoms with Gasteiger partial charge in [0.1, 0.15) is 11.6 Å². The Morgan fingerprint density at radius 1 is 1.12 bits per heavy atom. The second-order valence-corrected chi connectivity index (χ2v) is 7.74. The van der Waals surface area contributed by atoms with Crippen LogP contribution in [0.3, 0.4) is 0 Å². The van der Waals surface area contributed by atoms with E-state index >= 15 is 0 Å². The summed E-state index contributed by atoms with van der Waals surface area (Å²) in [6, 6.07) is 16.2. The van der Waals surface area contributed by atoms with Crippen LogP contribution >= 0.6 is 11.8 Å². The van der Waals surface area contributed by atoms with Crippen LogP contribution in [-0.2, 0) is 4.79 Å². The smallest absolute Gasteiger partial charge is 0.238 e. The maximum absolute atomic E-state index is 13.4. The van der Waals surface area contributed by atoms with Gasteiger partial charge >= 0.3 is 0 Å². The number of aryl methyl sites for hydroxylation is 1. The van der Waals surface area contributed by atoms with Gasteiger partial charge in [0, 0.05) is 5.56 Å². The molecule has 0 bridgehead atoms. The molecule has 6 heteroatoms. The summed E-state index contributed by atoms with van der Waals surface area (Å²) in [7, 11) is 0. The summed E-state index contributed by atoms with van der Waals surface area (Å²) >= 11 is 1.55. The van der Waals surface area contributed by atoms with Crippen molar-refractivity contribution in [1.82, 2.24) is 9.78 Å². The topological polar surface area (TPSA) is 46.9 Å². The lowest BCUT2D eigenvalue weighted by Gasteiger charge is -2.17. The summed E-state index contributed by atoms with van der Waals surface area (Å²) in [6.07, 6.45) is 0. The zero-order chi connectivity index (χ0) is 18.3. The van der Waals surface area contributed by atoms with Crippen LogP contribution in [0.5, 0.6) is 0 Å². The molecule has 4 nitrogen and oxygen atoms in total. The van der Waals surface area contributed by atoms with Crippen molar-refractivity contribution < 1.29 is 9.18 Å². The van der Waals surface area contributed by atoms with Gasteiger partial charge in [0.2, 0.25) is 5.91 Å². The molecule has 0 spiro atoms. The molecule has 2 aromatic carbocycles. The molecule has 1 amide bonds. The summed E-state index contributed by atoms with van der Waals surface area (Å²) in [5.41, 5.74) is 3.65. The average molecular weight is 367 g/mol. The number of hydrogen-bond donors (Lipinski definition) is 1. The molecule has 0 unspecified atom stereocenters. The number of para-hydroxylation sites is 1. The van der Waals surface area contributed by atoms with Crippen molar-refractivity contribution in [2.45, 2.75) is 24.3 Å². The second kappa shape index (κ2) is 6.61. The summed E-state index contributed by atoms with van der Waals surface area (Å²) in [6.45, 7) is 3.83. The normalized spacial score (nSPS) is 19.6. The number of nitrogens with one attached hydrogen (secondary N) is 1. The monoisotopic (exact) mass is 367 g/mol. The Labute approximate surface area is 155 Å². The van der Waals surface area contributed by atoms with Gasteiger partial charge in [0.25, 0.3) is 0 Å². The van der Waals surface area contributed by atoms with E-state index in [2.05, 4.69) is 10.4 Å². The van der Waals surface area contributed by atoms with E-state index in [4.69, 9.17) is 0 Å². The Kier molecular flexibility index (Phi) is 4.28. The van der Waals surface area contributed by atoms with Crippen molar-refractivity contribution in [3.63, 3.8) is 0 Å². The molecule has 1 aromatic heterocycles. The van der Waals surface area contributed by atoms with Crippen LogP contribution in [-0.4, -0.2) is 20.9 Å². The quantitative estimate of drug-likeness (QED) is 0.726. The number of halogens is 1. The number of amides is 1. The molecule has 2 atom stereocenters. The minimum atomic E-state index is -0.272. The molecule has 0 aliphatic carbocycles. The highest BCUT2D eigenvalue weighted by molar-refractivity contribution is 8.01. The molecule has 0 radical (unpaired) electrons. The van der Waals surface area contributed by atoms with Gasteiger partial charge in [0.15, 0.2) is 0 Å². The van der Waals surface area contributed by atoms with E-state index in [1.165, 1.54) is 12.1 Å². The lowest BCUT2D eigenvalue weighted by atomic mass is 10.0. The fourth-order valence-electron chi connectivity index (χ4n) is 3.16. The molecule has 3 aromatic rings. The first kappa shape index (κ1) is 16.8. The van der Waals surface area contributed by atoms with Crippen LogP contribution in [0.15, 0.2) is 54.6 Å². The van der Waals surface area contributed by atoms with Crippen LogP contribution in [0.4, 0.5) is 10.2 Å². The molecule has 1 N–H and O–H groups in total. The molecule has 1 aliphatic heterocycles. The summed E-state index contributed by atoms with van der Waals surface area (Å²) in [5.74, 6) is 0.356. The van der Waals surface area contributed by atoms with E-state index in [0.29, 0.717) is 5.82 Å². The third-order valence-electron chi connectivity index (χ3n) is 4.49. The first-order valence-corrected chi connectivity index (χ1v) is 9.35. The third kappa shape index (κ3) is 2.90. The van der Waals surface area contributed by atoms with Gasteiger partial charge in [-0.2, -0.15) is 5.10 Å². The average Bonchev–Trinajstić information content (AvgIpc) is 2.89. The third-order valence-corrected chi connectivity index (χ3v) is 5.90. The summed E-state index contributed by atoms with van der Waals surface area (Å²) in [4.78, 5) is 12.6. The lowest BCUT2D eigenvalue weighted by Crippen LogP contribution is -2.22. The molecule has 2 heterocycles. The molecule has 0 saturated heterocycles. The van der Waals surface area contributed by atoms with Crippen molar-refractivity contribution in [1.29, 1.82) is 0 Å². The van der Waals surface area contributed by atoms with Crippen molar-refractivity contribution in [3.05, 3.63) is 77.2 Å². The highest BCUT2D eigenvalue weighted by Gasteiger charge is 2.33. The molecule has 26 heavy (non-hydrogen) atoms. The molecular weight excluding hydrogens is 349 g/mol. The minimum Gasteiger partial charge on any atom is -0.309 e. The van der Waals surface area contributed by atoms with Crippen molar-refractivity contribution in [3.8, 4) is 5.69 Å². The first-order valence-electron chi connectivity index (χ1n) is 8.41. The number of carbonyl (C=O) groups is 1. The Morgan fingerprint density at radius 3 is 2.50 bits per heavy atom. The van der Waals surface area contributed by atoms with Gasteiger partial charge in [0.05, 0.1) is 21.9 Å². The lowest BCUT2D eigenvalue weighted by molar-refractivity contribution is -0.115. The van der Waals surface area contributed by atoms with Crippen molar-refractivity contribution >= 4 is 23.5 Å². The Balaban J connectivity index is 1.90. The first-order chi connectivity index (χ1) is 12.5. The van der Waals surface area contributed by atoms with E-state index in [0.717, 1.165) is 22.5 Å². The van der Waals surface area contributed by atoms with E-state index in [9.17, 15) is 9.18 Å². The van der Waals surface area contributed by atoms with Crippen LogP contribution in [0, 0.1) is 12.7 Å². The number of aromatic nitrogens is 2. The number of benzene rings is 2. The standard InChI is InChI=1S/C20H18FN3OS/c1-12-17-18(14-8-10-15(21)11-9-14)26-13(2)20(25)22-19(17)24(23-12)16-6-4-3-5-7-16/h3-11,13,18H,1-2H3,(H,22,25)/t13-,18+/m1/s1. The largest absolute Gasteiger partial charge is 0.309 e. The molecule has 1 aliphatic rings. The Morgan fingerprint density at radius 2 is 1.81 bits per heavy atom. The highest BCUT2D eigenvalue weighted by atomic mass is 32.2. The van der Waals surface area contributed by atoms with Gasteiger partial charge in [-0.15, -0.1) is 11.8 Å². The molecule has 132 valence electrons. The van der Waals surface area contributed by atoms with E-state index in [-0.39, 0.29) is 22.2 Å². The van der Waals surface area contributed by atoms with Gasteiger partial charge in [-0.3, -0.25) is 4.79 Å².